The maximum absolute atomic E-state index is 13.2. The first kappa shape index (κ1) is 25.5. The number of rotatable bonds is 12. The smallest absolute Gasteiger partial charge is 0.264 e. The van der Waals surface area contributed by atoms with E-state index in [9.17, 15) is 13.2 Å². The number of carbonyl (C=O) groups excluding carboxylic acids is 1. The number of hydrazone groups is 1. The van der Waals surface area contributed by atoms with Gasteiger partial charge in [0.1, 0.15) is 13.2 Å². The summed E-state index contributed by atoms with van der Waals surface area (Å²) in [6.07, 6.45) is 3.08. The summed E-state index contributed by atoms with van der Waals surface area (Å²) in [6.45, 7) is 5.84. The van der Waals surface area contributed by atoms with Gasteiger partial charge in [0.15, 0.2) is 11.5 Å². The Balaban J connectivity index is 1.75. The van der Waals surface area contributed by atoms with E-state index in [1.165, 1.54) is 18.3 Å². The summed E-state index contributed by atoms with van der Waals surface area (Å²) in [4.78, 5) is 12.7. The number of nitrogens with one attached hydrogen (secondary N) is 1. The van der Waals surface area contributed by atoms with E-state index in [1.54, 1.807) is 72.8 Å². The number of hydrogen-bond donors (Lipinski definition) is 1. The highest BCUT2D eigenvalue weighted by Gasteiger charge is 2.26. The number of ether oxygens (including phenoxy) is 2. The number of amides is 1. The van der Waals surface area contributed by atoms with Crippen LogP contribution >= 0.6 is 0 Å². The summed E-state index contributed by atoms with van der Waals surface area (Å²) in [7, 11) is -3.97. The van der Waals surface area contributed by atoms with Crippen LogP contribution in [-0.4, -0.2) is 40.3 Å². The molecule has 3 aromatic rings. The Morgan fingerprint density at radius 3 is 2.34 bits per heavy atom. The van der Waals surface area contributed by atoms with E-state index in [2.05, 4.69) is 17.1 Å². The lowest BCUT2D eigenvalue weighted by molar-refractivity contribution is -0.119. The van der Waals surface area contributed by atoms with Crippen molar-refractivity contribution in [3.8, 4) is 11.5 Å². The minimum atomic E-state index is -3.97. The van der Waals surface area contributed by atoms with Crippen LogP contribution in [0.1, 0.15) is 12.5 Å². The molecule has 1 N–H and O–H groups in total. The minimum absolute atomic E-state index is 0.0855. The molecule has 35 heavy (non-hydrogen) atoms. The molecule has 0 radical (unpaired) electrons. The maximum Gasteiger partial charge on any atom is 0.264 e. The fourth-order valence-corrected chi connectivity index (χ4v) is 4.56. The number of nitrogens with zero attached hydrogens (tertiary/aromatic N) is 2. The third-order valence-corrected chi connectivity index (χ3v) is 6.48. The first-order valence-corrected chi connectivity index (χ1v) is 12.3. The predicted molar refractivity (Wildman–Crippen MR) is 136 cm³/mol. The maximum atomic E-state index is 13.2. The van der Waals surface area contributed by atoms with E-state index in [0.717, 1.165) is 4.31 Å². The van der Waals surface area contributed by atoms with Gasteiger partial charge in [-0.1, -0.05) is 49.1 Å². The van der Waals surface area contributed by atoms with Gasteiger partial charge >= 0.3 is 0 Å². The molecule has 0 heterocycles. The SMILES string of the molecule is C=CCOc1ccc(/C=N\NC(=O)CN(c2ccccc2)S(=O)(=O)c2ccccc2)cc1OCC. The third kappa shape index (κ3) is 6.94. The van der Waals surface area contributed by atoms with Crippen molar-refractivity contribution in [2.45, 2.75) is 11.8 Å². The average Bonchev–Trinajstić information content (AvgIpc) is 2.88. The van der Waals surface area contributed by atoms with Crippen molar-refractivity contribution in [3.63, 3.8) is 0 Å². The molecule has 0 aliphatic carbocycles. The molecule has 182 valence electrons. The summed E-state index contributed by atoms with van der Waals surface area (Å²) in [5.41, 5.74) is 3.43. The highest BCUT2D eigenvalue weighted by atomic mass is 32.2. The van der Waals surface area contributed by atoms with Crippen LogP contribution in [0, 0.1) is 0 Å². The zero-order valence-electron chi connectivity index (χ0n) is 19.3. The second-order valence-electron chi connectivity index (χ2n) is 7.19. The Morgan fingerprint density at radius 1 is 1.00 bits per heavy atom. The molecule has 0 spiro atoms. The first-order chi connectivity index (χ1) is 17.0. The molecule has 0 aromatic heterocycles. The van der Waals surface area contributed by atoms with Gasteiger partial charge in [-0.3, -0.25) is 9.10 Å². The van der Waals surface area contributed by atoms with E-state index < -0.39 is 22.5 Å². The number of hydrogen-bond acceptors (Lipinski definition) is 6. The van der Waals surface area contributed by atoms with Crippen molar-refractivity contribution in [3.05, 3.63) is 97.1 Å². The van der Waals surface area contributed by atoms with Gasteiger partial charge in [0.2, 0.25) is 0 Å². The van der Waals surface area contributed by atoms with Gasteiger partial charge in [0.05, 0.1) is 23.4 Å². The molecule has 0 bridgehead atoms. The number of sulfonamides is 1. The van der Waals surface area contributed by atoms with Crippen molar-refractivity contribution in [2.24, 2.45) is 5.10 Å². The fourth-order valence-electron chi connectivity index (χ4n) is 3.11. The van der Waals surface area contributed by atoms with Crippen LogP contribution in [-0.2, 0) is 14.8 Å². The van der Waals surface area contributed by atoms with Crippen LogP contribution in [0.2, 0.25) is 0 Å². The summed E-state index contributed by atoms with van der Waals surface area (Å²) in [6, 6.07) is 21.6. The lowest BCUT2D eigenvalue weighted by atomic mass is 10.2. The summed E-state index contributed by atoms with van der Waals surface area (Å²) < 4.78 is 38.7. The Labute approximate surface area is 205 Å². The van der Waals surface area contributed by atoms with E-state index in [0.29, 0.717) is 36.0 Å². The van der Waals surface area contributed by atoms with Crippen molar-refractivity contribution in [1.82, 2.24) is 5.43 Å². The van der Waals surface area contributed by atoms with E-state index in [-0.39, 0.29) is 4.90 Å². The van der Waals surface area contributed by atoms with Gasteiger partial charge in [0.25, 0.3) is 15.9 Å². The molecule has 1 amide bonds. The Morgan fingerprint density at radius 2 is 1.69 bits per heavy atom. The van der Waals surface area contributed by atoms with E-state index in [4.69, 9.17) is 9.47 Å². The number of para-hydroxylation sites is 1. The summed E-state index contributed by atoms with van der Waals surface area (Å²) >= 11 is 0. The van der Waals surface area contributed by atoms with Gasteiger partial charge in [-0.2, -0.15) is 5.10 Å². The predicted octanol–water partition coefficient (Wildman–Crippen LogP) is 4.00. The standard InChI is InChI=1S/C26H27N3O5S/c1-3-17-34-24-16-15-21(18-25(24)33-4-2)19-27-28-26(30)20-29(22-11-7-5-8-12-22)35(31,32)23-13-9-6-10-14-23/h3,5-16,18-19H,1,4,17,20H2,2H3,(H,28,30)/b27-19-. The molecule has 0 saturated heterocycles. The third-order valence-electron chi connectivity index (χ3n) is 4.69. The van der Waals surface area contributed by atoms with Gasteiger partial charge in [-0.15, -0.1) is 0 Å². The van der Waals surface area contributed by atoms with Crippen LogP contribution < -0.4 is 19.2 Å². The normalized spacial score (nSPS) is 11.1. The molecule has 3 aromatic carbocycles. The Bertz CT molecular complexity index is 1260. The summed E-state index contributed by atoms with van der Waals surface area (Å²) in [5.74, 6) is 0.506. The molecule has 0 atom stereocenters. The minimum Gasteiger partial charge on any atom is -0.490 e. The van der Waals surface area contributed by atoms with E-state index >= 15 is 0 Å². The van der Waals surface area contributed by atoms with Crippen molar-refractivity contribution >= 4 is 27.8 Å². The topological polar surface area (TPSA) is 97.3 Å². The quantitative estimate of drug-likeness (QED) is 0.234. The van der Waals surface area contributed by atoms with E-state index in [1.807, 2.05) is 6.92 Å². The van der Waals surface area contributed by atoms with Crippen molar-refractivity contribution < 1.29 is 22.7 Å². The molecule has 0 aliphatic rings. The molecule has 0 fully saturated rings. The number of benzene rings is 3. The number of anilines is 1. The molecule has 0 aliphatic heterocycles. The molecule has 9 heteroatoms. The molecular weight excluding hydrogens is 466 g/mol. The van der Waals surface area contributed by atoms with Crippen LogP contribution in [0.4, 0.5) is 5.69 Å². The second kappa shape index (κ2) is 12.4. The van der Waals surface area contributed by atoms with Crippen LogP contribution in [0.3, 0.4) is 0 Å². The van der Waals surface area contributed by atoms with Crippen LogP contribution in [0.25, 0.3) is 0 Å². The summed E-state index contributed by atoms with van der Waals surface area (Å²) in [5, 5.41) is 3.98. The van der Waals surface area contributed by atoms with Crippen molar-refractivity contribution in [2.75, 3.05) is 24.1 Å². The Hall–Kier alpha value is -4.11. The second-order valence-corrected chi connectivity index (χ2v) is 9.05. The first-order valence-electron chi connectivity index (χ1n) is 10.9. The molecule has 0 unspecified atom stereocenters. The van der Waals surface area contributed by atoms with Gasteiger partial charge in [-0.05, 0) is 55.0 Å². The monoisotopic (exact) mass is 493 g/mol. The Kier molecular flexibility index (Phi) is 9.02. The number of carbonyl (C=O) groups is 1. The highest BCUT2D eigenvalue weighted by Crippen LogP contribution is 2.28. The zero-order valence-corrected chi connectivity index (χ0v) is 20.1. The van der Waals surface area contributed by atoms with Gasteiger partial charge in [0, 0.05) is 0 Å². The fraction of sp³-hybridized carbons (Fsp3) is 0.154. The van der Waals surface area contributed by atoms with Gasteiger partial charge < -0.3 is 9.47 Å². The molecule has 3 rings (SSSR count). The molecule has 8 nitrogen and oxygen atoms in total. The largest absolute Gasteiger partial charge is 0.490 e. The van der Waals surface area contributed by atoms with Crippen LogP contribution in [0.5, 0.6) is 11.5 Å². The zero-order chi connectivity index (χ0) is 25.1. The molecular formula is C26H27N3O5S. The van der Waals surface area contributed by atoms with Gasteiger partial charge in [-0.25, -0.2) is 13.8 Å². The highest BCUT2D eigenvalue weighted by molar-refractivity contribution is 7.92. The average molecular weight is 494 g/mol. The van der Waals surface area contributed by atoms with Crippen molar-refractivity contribution in [1.29, 1.82) is 0 Å². The molecule has 0 saturated carbocycles. The lowest BCUT2D eigenvalue weighted by Gasteiger charge is -2.23. The van der Waals surface area contributed by atoms with Crippen LogP contribution in [0.15, 0.2) is 102 Å². The lowest BCUT2D eigenvalue weighted by Crippen LogP contribution is -2.39.